The molecule has 0 fully saturated rings. The number of hydrogen-bond donors (Lipinski definition) is 0. The summed E-state index contributed by atoms with van der Waals surface area (Å²) in [5.41, 5.74) is 5.75. The van der Waals surface area contributed by atoms with Crippen molar-refractivity contribution in [1.82, 2.24) is 0 Å². The number of allylic oxidation sites excluding steroid dienone is 4. The number of nitrogens with zero attached hydrogens (tertiary/aromatic N) is 1. The Kier molecular flexibility index (Phi) is 135. The van der Waals surface area contributed by atoms with E-state index in [-0.39, 0.29) is 28.5 Å². The fourth-order valence-electron chi connectivity index (χ4n) is 0.340. The fraction of sp³-hybridized carbons (Fsp3) is 0.300. The summed E-state index contributed by atoms with van der Waals surface area (Å²) >= 11 is 0. The van der Waals surface area contributed by atoms with Crippen molar-refractivity contribution in [1.29, 1.82) is 0 Å². The van der Waals surface area contributed by atoms with E-state index in [9.17, 15) is 0 Å². The molecule has 0 saturated carbocycles. The standard InChI is InChI=1S/C5H5.2C2H5.CH3.NO.W/c1-2-4-5-3-1;2*1-2;;1-2;/h1-3H,4H2;2*1H2,2H3;1H3;;/q5*-1;. The zero-order chi connectivity index (χ0) is 9.54. The molecule has 0 aliphatic heterocycles. The van der Waals surface area contributed by atoms with Gasteiger partial charge in [0.25, 0.3) is 0 Å². The molecule has 0 bridgehead atoms. The largest absolute Gasteiger partial charge is 0.577 e. The van der Waals surface area contributed by atoms with Crippen molar-refractivity contribution in [3.05, 3.63) is 56.1 Å². The first-order valence-electron chi connectivity index (χ1n) is 3.31. The minimum absolute atomic E-state index is 0. The molecule has 0 spiro atoms. The summed E-state index contributed by atoms with van der Waals surface area (Å²) in [5, 5.41) is 0. The maximum Gasteiger partial charge on any atom is 0 e. The van der Waals surface area contributed by atoms with Gasteiger partial charge in [0.1, 0.15) is 0 Å². The third-order valence-electron chi connectivity index (χ3n) is 0.586. The molecule has 0 aromatic rings. The van der Waals surface area contributed by atoms with Crippen LogP contribution in [0.5, 0.6) is 0 Å². The molecule has 0 atom stereocenters. The van der Waals surface area contributed by atoms with Crippen molar-refractivity contribution in [2.45, 2.75) is 20.3 Å². The van der Waals surface area contributed by atoms with Gasteiger partial charge in [0.05, 0.1) is 0 Å². The van der Waals surface area contributed by atoms with Crippen LogP contribution >= 0.6 is 0 Å². The molecule has 0 aromatic carbocycles. The molecule has 0 unspecified atom stereocenters. The fourth-order valence-corrected chi connectivity index (χ4v) is 0.340. The second kappa shape index (κ2) is 60.0. The van der Waals surface area contributed by atoms with Crippen molar-refractivity contribution >= 4 is 0 Å². The first-order chi connectivity index (χ1) is 5.50. The summed E-state index contributed by atoms with van der Waals surface area (Å²) in [7, 11) is 0. The van der Waals surface area contributed by atoms with Crippen molar-refractivity contribution in [2.75, 3.05) is 0 Å². The van der Waals surface area contributed by atoms with Crippen LogP contribution in [0.3, 0.4) is 0 Å². The molecule has 0 saturated heterocycles. The molecule has 0 radical (unpaired) electrons. The minimum atomic E-state index is 0. The molecule has 0 heterocycles. The van der Waals surface area contributed by atoms with Crippen LogP contribution in [0.1, 0.15) is 20.3 Å². The van der Waals surface area contributed by atoms with Crippen molar-refractivity contribution in [3.63, 3.8) is 0 Å². The second-order valence-corrected chi connectivity index (χ2v) is 1.00. The number of rotatable bonds is 0. The van der Waals surface area contributed by atoms with E-state index in [0.717, 1.165) is 6.42 Å². The average Bonchev–Trinajstić information content (AvgIpc) is 2.71. The zero-order valence-electron chi connectivity index (χ0n) is 8.62. The van der Waals surface area contributed by atoms with Crippen molar-refractivity contribution in [3.8, 4) is 0 Å². The van der Waals surface area contributed by atoms with Gasteiger partial charge in [-0.15, -0.1) is 6.42 Å². The molecular formula is C10H18NOW-5. The van der Waals surface area contributed by atoms with Crippen molar-refractivity contribution in [2.24, 2.45) is 0 Å². The molecule has 0 amide bonds. The summed E-state index contributed by atoms with van der Waals surface area (Å²) in [6.07, 6.45) is 10.0. The Morgan fingerprint density at radius 3 is 1.69 bits per heavy atom. The van der Waals surface area contributed by atoms with E-state index in [1.54, 1.807) is 13.8 Å². The van der Waals surface area contributed by atoms with E-state index in [2.05, 4.69) is 26.0 Å². The van der Waals surface area contributed by atoms with E-state index in [0.29, 0.717) is 0 Å². The maximum absolute atomic E-state index is 7.25. The van der Waals surface area contributed by atoms with Gasteiger partial charge in [0, 0.05) is 21.1 Å². The first kappa shape index (κ1) is 29.3. The predicted octanol–water partition coefficient (Wildman–Crippen LogP) is 3.76. The Balaban J connectivity index is -0.0000000239. The van der Waals surface area contributed by atoms with Crippen LogP contribution in [0.25, 0.3) is 5.59 Å². The van der Waals surface area contributed by atoms with E-state index in [1.165, 1.54) is 0 Å². The van der Waals surface area contributed by atoms with Crippen LogP contribution in [0.15, 0.2) is 18.2 Å². The van der Waals surface area contributed by atoms with E-state index in [1.807, 2.05) is 12.2 Å². The minimum Gasteiger partial charge on any atom is -0.577 e. The van der Waals surface area contributed by atoms with Crippen LogP contribution in [0, 0.1) is 32.3 Å². The van der Waals surface area contributed by atoms with Gasteiger partial charge in [-0.1, -0.05) is 0 Å². The molecular weight excluding hydrogens is 334 g/mol. The van der Waals surface area contributed by atoms with Gasteiger partial charge < -0.3 is 31.8 Å². The Morgan fingerprint density at radius 1 is 1.23 bits per heavy atom. The molecule has 1 rings (SSSR count). The van der Waals surface area contributed by atoms with E-state index >= 15 is 0 Å². The van der Waals surface area contributed by atoms with Crippen LogP contribution in [0.2, 0.25) is 0 Å². The monoisotopic (exact) mass is 352 g/mol. The molecule has 1 aliphatic carbocycles. The van der Waals surface area contributed by atoms with E-state index in [4.69, 9.17) is 10.5 Å². The quantitative estimate of drug-likeness (QED) is 0.612. The van der Waals surface area contributed by atoms with Crippen LogP contribution in [0.4, 0.5) is 0 Å². The number of nitroso groups, excluding NO2 is 1. The summed E-state index contributed by atoms with van der Waals surface area (Å²) in [6, 6.07) is 0. The Morgan fingerprint density at radius 2 is 1.62 bits per heavy atom. The molecule has 13 heavy (non-hydrogen) atoms. The van der Waals surface area contributed by atoms with Crippen molar-refractivity contribution < 1.29 is 21.1 Å². The Bertz CT molecular complexity index is 82.9. The van der Waals surface area contributed by atoms with Gasteiger partial charge in [0.2, 0.25) is 0 Å². The van der Waals surface area contributed by atoms with E-state index < -0.39 is 0 Å². The van der Waals surface area contributed by atoms with Crippen LogP contribution in [-0.2, 0) is 21.1 Å². The van der Waals surface area contributed by atoms with Gasteiger partial charge in [-0.2, -0.15) is 19.9 Å². The third kappa shape index (κ3) is 49.4. The SMILES string of the molecule is [C-]1=CC=CC1.[CH2-]C.[CH2-]C.[CH3-].[N-]=O.[W]. The zero-order valence-corrected chi connectivity index (χ0v) is 11.6. The first-order valence-corrected chi connectivity index (χ1v) is 3.31. The molecule has 0 aromatic heterocycles. The van der Waals surface area contributed by atoms with Crippen LogP contribution in [-0.4, -0.2) is 0 Å². The van der Waals surface area contributed by atoms with Gasteiger partial charge in [-0.25, -0.2) is 12.2 Å². The van der Waals surface area contributed by atoms with Gasteiger partial charge in [0.15, 0.2) is 0 Å². The third-order valence-corrected chi connectivity index (χ3v) is 0.586. The maximum atomic E-state index is 7.25. The molecule has 1 aliphatic rings. The Hall–Kier alpha value is -0.232. The van der Waals surface area contributed by atoms with Gasteiger partial charge >= 0.3 is 0 Å². The molecule has 2 nitrogen and oxygen atoms in total. The molecule has 80 valence electrons. The summed E-state index contributed by atoms with van der Waals surface area (Å²) in [5.74, 6) is 0. The van der Waals surface area contributed by atoms with Gasteiger partial charge in [-0.05, 0) is 0 Å². The summed E-state index contributed by atoms with van der Waals surface area (Å²) in [6.45, 7) is 10.0. The second-order valence-electron chi connectivity index (χ2n) is 1.00. The topological polar surface area (TPSA) is 39.4 Å². The smallest absolute Gasteiger partial charge is 0 e. The molecule has 3 heteroatoms. The van der Waals surface area contributed by atoms with Crippen LogP contribution < -0.4 is 0 Å². The predicted molar refractivity (Wildman–Crippen MR) is 56.8 cm³/mol. The van der Waals surface area contributed by atoms with Gasteiger partial charge in [-0.3, -0.25) is 6.08 Å². The summed E-state index contributed by atoms with van der Waals surface area (Å²) < 4.78 is 0. The normalized spacial score (nSPS) is 8.00. The number of hydrogen-bond acceptors (Lipinski definition) is 1. The average molecular weight is 352 g/mol. The summed E-state index contributed by atoms with van der Waals surface area (Å²) in [4.78, 5) is 7.25. The molecule has 0 N–H and O–H groups in total. The Labute approximate surface area is 97.5 Å².